The standard InChI is InChI=1S/C21H25N7O2/c1-14-12-15(2)28-20(22-14)25-18(26-28)13-19(29)27-10-8-17(9-11-27)24-21(30)23-16-6-4-3-5-7-16/h3-7,12,17H,8-11,13H2,1-2H3,(H2,23,24,30). The van der Waals surface area contributed by atoms with Gasteiger partial charge in [-0.25, -0.2) is 14.3 Å². The Morgan fingerprint density at radius 1 is 1.10 bits per heavy atom. The van der Waals surface area contributed by atoms with Crippen molar-refractivity contribution < 1.29 is 9.59 Å². The van der Waals surface area contributed by atoms with Crippen LogP contribution in [-0.2, 0) is 11.2 Å². The number of likely N-dealkylation sites (tertiary alicyclic amines) is 1. The molecule has 30 heavy (non-hydrogen) atoms. The number of carbonyl (C=O) groups excluding carboxylic acids is 2. The average Bonchev–Trinajstić information content (AvgIpc) is 3.11. The monoisotopic (exact) mass is 407 g/mol. The van der Waals surface area contributed by atoms with Crippen LogP contribution in [0.1, 0.15) is 30.1 Å². The van der Waals surface area contributed by atoms with Gasteiger partial charge in [0.05, 0.1) is 6.42 Å². The smallest absolute Gasteiger partial charge is 0.319 e. The molecule has 9 nitrogen and oxygen atoms in total. The fourth-order valence-corrected chi connectivity index (χ4v) is 3.68. The third kappa shape index (κ3) is 4.56. The van der Waals surface area contributed by atoms with Crippen LogP contribution in [0.2, 0.25) is 0 Å². The lowest BCUT2D eigenvalue weighted by Gasteiger charge is -2.32. The summed E-state index contributed by atoms with van der Waals surface area (Å²) in [4.78, 5) is 35.4. The molecule has 2 N–H and O–H groups in total. The van der Waals surface area contributed by atoms with E-state index in [-0.39, 0.29) is 24.4 Å². The number of nitrogens with zero attached hydrogens (tertiary/aromatic N) is 5. The number of nitrogens with one attached hydrogen (secondary N) is 2. The molecule has 9 heteroatoms. The zero-order valence-electron chi connectivity index (χ0n) is 17.1. The zero-order chi connectivity index (χ0) is 21.1. The molecule has 0 spiro atoms. The summed E-state index contributed by atoms with van der Waals surface area (Å²) in [6.45, 7) is 5.04. The summed E-state index contributed by atoms with van der Waals surface area (Å²) in [5.74, 6) is 0.985. The Labute approximate surface area is 174 Å². The van der Waals surface area contributed by atoms with E-state index in [9.17, 15) is 9.59 Å². The number of amides is 3. The molecule has 1 fully saturated rings. The van der Waals surface area contributed by atoms with Crippen LogP contribution in [0.15, 0.2) is 36.4 Å². The first kappa shape index (κ1) is 19.8. The van der Waals surface area contributed by atoms with Gasteiger partial charge in [-0.05, 0) is 44.9 Å². The Hall–Kier alpha value is -3.49. The lowest BCUT2D eigenvalue weighted by Crippen LogP contribution is -2.48. The van der Waals surface area contributed by atoms with Gasteiger partial charge in [-0.1, -0.05) is 18.2 Å². The summed E-state index contributed by atoms with van der Waals surface area (Å²) in [6, 6.07) is 11.1. The SMILES string of the molecule is Cc1cc(C)n2nc(CC(=O)N3CCC(NC(=O)Nc4ccccc4)CC3)nc2n1. The highest BCUT2D eigenvalue weighted by atomic mass is 16.2. The van der Waals surface area contributed by atoms with Crippen LogP contribution in [0.5, 0.6) is 0 Å². The molecule has 3 amide bonds. The number of aromatic nitrogens is 4. The maximum atomic E-state index is 12.7. The van der Waals surface area contributed by atoms with Gasteiger partial charge in [-0.15, -0.1) is 5.10 Å². The lowest BCUT2D eigenvalue weighted by molar-refractivity contribution is -0.131. The highest BCUT2D eigenvalue weighted by Crippen LogP contribution is 2.13. The minimum atomic E-state index is -0.224. The number of piperidine rings is 1. The Kier molecular flexibility index (Phi) is 5.60. The number of fused-ring (bicyclic) bond motifs is 1. The van der Waals surface area contributed by atoms with Crippen molar-refractivity contribution in [1.82, 2.24) is 29.8 Å². The molecule has 3 aromatic rings. The number of hydrogen-bond acceptors (Lipinski definition) is 5. The molecule has 1 saturated heterocycles. The number of benzene rings is 1. The largest absolute Gasteiger partial charge is 0.342 e. The van der Waals surface area contributed by atoms with Crippen LogP contribution in [0.4, 0.5) is 10.5 Å². The van der Waals surface area contributed by atoms with Crippen molar-refractivity contribution in [2.45, 2.75) is 39.2 Å². The van der Waals surface area contributed by atoms with E-state index in [0.717, 1.165) is 17.1 Å². The fraction of sp³-hybridized carbons (Fsp3) is 0.381. The third-order valence-electron chi connectivity index (χ3n) is 5.19. The van der Waals surface area contributed by atoms with E-state index in [1.54, 1.807) is 4.52 Å². The number of aryl methyl sites for hydroxylation is 2. The van der Waals surface area contributed by atoms with Crippen molar-refractivity contribution in [3.8, 4) is 0 Å². The second-order valence-electron chi connectivity index (χ2n) is 7.58. The Morgan fingerprint density at radius 2 is 1.83 bits per heavy atom. The lowest BCUT2D eigenvalue weighted by atomic mass is 10.0. The predicted molar refractivity (Wildman–Crippen MR) is 112 cm³/mol. The van der Waals surface area contributed by atoms with Crippen molar-refractivity contribution >= 4 is 23.4 Å². The van der Waals surface area contributed by atoms with Gasteiger partial charge in [-0.2, -0.15) is 4.98 Å². The molecule has 156 valence electrons. The second-order valence-corrected chi connectivity index (χ2v) is 7.58. The molecule has 1 aliphatic rings. The van der Waals surface area contributed by atoms with Crippen molar-refractivity contribution in [2.75, 3.05) is 18.4 Å². The quantitative estimate of drug-likeness (QED) is 0.689. The summed E-state index contributed by atoms with van der Waals surface area (Å²) in [5.41, 5.74) is 2.56. The number of anilines is 1. The molecule has 3 heterocycles. The molecular formula is C21H25N7O2. The van der Waals surface area contributed by atoms with Gasteiger partial charge in [0, 0.05) is 36.2 Å². The highest BCUT2D eigenvalue weighted by molar-refractivity contribution is 5.89. The molecule has 0 bridgehead atoms. The molecular weight excluding hydrogens is 382 g/mol. The highest BCUT2D eigenvalue weighted by Gasteiger charge is 2.25. The van der Waals surface area contributed by atoms with Gasteiger partial charge < -0.3 is 15.5 Å². The summed E-state index contributed by atoms with van der Waals surface area (Å²) in [6.07, 6.45) is 1.58. The van der Waals surface area contributed by atoms with E-state index in [2.05, 4.69) is 25.7 Å². The number of hydrogen-bond donors (Lipinski definition) is 2. The maximum absolute atomic E-state index is 12.7. The minimum Gasteiger partial charge on any atom is -0.342 e. The van der Waals surface area contributed by atoms with E-state index in [1.165, 1.54) is 0 Å². The summed E-state index contributed by atoms with van der Waals surface area (Å²) < 4.78 is 1.66. The summed E-state index contributed by atoms with van der Waals surface area (Å²) >= 11 is 0. The first-order valence-corrected chi connectivity index (χ1v) is 10.1. The third-order valence-corrected chi connectivity index (χ3v) is 5.19. The van der Waals surface area contributed by atoms with Crippen molar-refractivity contribution in [2.24, 2.45) is 0 Å². The number of carbonyl (C=O) groups is 2. The number of rotatable bonds is 4. The van der Waals surface area contributed by atoms with Crippen LogP contribution in [0.25, 0.3) is 5.78 Å². The molecule has 0 atom stereocenters. The maximum Gasteiger partial charge on any atom is 0.319 e. The predicted octanol–water partition coefficient (Wildman–Crippen LogP) is 2.10. The van der Waals surface area contributed by atoms with E-state index >= 15 is 0 Å². The molecule has 1 aromatic carbocycles. The Balaban J connectivity index is 1.28. The van der Waals surface area contributed by atoms with Crippen LogP contribution < -0.4 is 10.6 Å². The summed E-state index contributed by atoms with van der Waals surface area (Å²) in [7, 11) is 0. The van der Waals surface area contributed by atoms with Gasteiger partial charge in [0.25, 0.3) is 5.78 Å². The summed E-state index contributed by atoms with van der Waals surface area (Å²) in [5, 5.41) is 10.2. The first-order valence-electron chi connectivity index (χ1n) is 10.1. The number of para-hydroxylation sites is 1. The van der Waals surface area contributed by atoms with E-state index in [4.69, 9.17) is 0 Å². The zero-order valence-corrected chi connectivity index (χ0v) is 17.1. The molecule has 0 saturated carbocycles. The van der Waals surface area contributed by atoms with Gasteiger partial charge in [0.2, 0.25) is 5.91 Å². The Morgan fingerprint density at radius 3 is 2.57 bits per heavy atom. The second kappa shape index (κ2) is 8.48. The van der Waals surface area contributed by atoms with Crippen LogP contribution in [-0.4, -0.2) is 55.6 Å². The normalized spacial score (nSPS) is 14.7. The number of urea groups is 1. The van der Waals surface area contributed by atoms with E-state index in [0.29, 0.717) is 37.5 Å². The van der Waals surface area contributed by atoms with Crippen molar-refractivity contribution in [3.05, 3.63) is 53.6 Å². The molecule has 0 radical (unpaired) electrons. The van der Waals surface area contributed by atoms with Gasteiger partial charge in [-0.3, -0.25) is 4.79 Å². The van der Waals surface area contributed by atoms with E-state index < -0.39 is 0 Å². The first-order chi connectivity index (χ1) is 14.5. The minimum absolute atomic E-state index is 0.00697. The topological polar surface area (TPSA) is 105 Å². The fourth-order valence-electron chi connectivity index (χ4n) is 3.68. The van der Waals surface area contributed by atoms with Crippen LogP contribution >= 0.6 is 0 Å². The van der Waals surface area contributed by atoms with Gasteiger partial charge in [0.1, 0.15) is 0 Å². The molecule has 2 aromatic heterocycles. The van der Waals surface area contributed by atoms with Crippen molar-refractivity contribution in [3.63, 3.8) is 0 Å². The van der Waals surface area contributed by atoms with Gasteiger partial charge >= 0.3 is 6.03 Å². The molecule has 0 aliphatic carbocycles. The molecule has 1 aliphatic heterocycles. The van der Waals surface area contributed by atoms with Crippen LogP contribution in [0.3, 0.4) is 0 Å². The van der Waals surface area contributed by atoms with Crippen LogP contribution in [0, 0.1) is 13.8 Å². The van der Waals surface area contributed by atoms with Crippen molar-refractivity contribution in [1.29, 1.82) is 0 Å². The Bertz CT molecular complexity index is 1060. The van der Waals surface area contributed by atoms with Gasteiger partial charge in [0.15, 0.2) is 5.82 Å². The molecule has 0 unspecified atom stereocenters. The van der Waals surface area contributed by atoms with E-state index in [1.807, 2.05) is 55.1 Å². The average molecular weight is 407 g/mol. The molecule has 4 rings (SSSR count).